The Bertz CT molecular complexity index is 910. The van der Waals surface area contributed by atoms with Crippen LogP contribution in [0.3, 0.4) is 0 Å². The molecule has 7 nitrogen and oxygen atoms in total. The summed E-state index contributed by atoms with van der Waals surface area (Å²) in [5.41, 5.74) is 1.97. The molecule has 3 aliphatic heterocycles. The third-order valence-electron chi connectivity index (χ3n) is 5.52. The molecule has 3 N–H and O–H groups in total. The minimum atomic E-state index is -4.67. The number of aliphatic hydroxyl groups excluding tert-OH is 1. The molecule has 2 aromatic rings. The van der Waals surface area contributed by atoms with Crippen molar-refractivity contribution < 1.29 is 24.1 Å². The van der Waals surface area contributed by atoms with Gasteiger partial charge in [0.25, 0.3) is 0 Å². The van der Waals surface area contributed by atoms with Crippen LogP contribution in [0.2, 0.25) is 0 Å². The molecule has 3 saturated heterocycles. The van der Waals surface area contributed by atoms with Gasteiger partial charge < -0.3 is 5.11 Å². The highest BCUT2D eigenvalue weighted by atomic mass is 32.3. The lowest BCUT2D eigenvalue weighted by atomic mass is 9.73. The van der Waals surface area contributed by atoms with Crippen LogP contribution in [0, 0.1) is 11.8 Å². The maximum atomic E-state index is 11.0. The summed E-state index contributed by atoms with van der Waals surface area (Å²) in [6.07, 6.45) is 5.76. The number of rotatable bonds is 3. The highest BCUT2D eigenvalue weighted by Crippen LogP contribution is 2.41. The fourth-order valence-corrected chi connectivity index (χ4v) is 4.29. The molecule has 5 rings (SSSR count). The maximum absolute atomic E-state index is 11.0. The molecular formula is C19H26N2O5S. The van der Waals surface area contributed by atoms with E-state index in [9.17, 15) is 5.11 Å². The first-order chi connectivity index (χ1) is 12.8. The van der Waals surface area contributed by atoms with Crippen molar-refractivity contribution in [2.24, 2.45) is 11.8 Å². The quantitative estimate of drug-likeness (QED) is 0.542. The Morgan fingerprint density at radius 2 is 2.00 bits per heavy atom. The van der Waals surface area contributed by atoms with Crippen LogP contribution in [-0.2, 0) is 10.4 Å². The Morgan fingerprint density at radius 1 is 1.30 bits per heavy atom. The molecule has 3 fully saturated rings. The first-order valence-electron chi connectivity index (χ1n) is 8.86. The van der Waals surface area contributed by atoms with Gasteiger partial charge in [-0.2, -0.15) is 8.42 Å². The van der Waals surface area contributed by atoms with E-state index in [0.717, 1.165) is 36.0 Å². The molecule has 0 amide bonds. The summed E-state index contributed by atoms with van der Waals surface area (Å²) >= 11 is 0. The Balaban J connectivity index is 0.000000420. The summed E-state index contributed by atoms with van der Waals surface area (Å²) < 4.78 is 31.6. The van der Waals surface area contributed by atoms with E-state index in [-0.39, 0.29) is 7.47 Å². The van der Waals surface area contributed by atoms with Gasteiger partial charge in [-0.05, 0) is 48.9 Å². The third-order valence-corrected chi connectivity index (χ3v) is 5.52. The number of hydrogen-bond donors (Lipinski definition) is 3. The van der Waals surface area contributed by atoms with Crippen molar-refractivity contribution in [2.45, 2.75) is 25.0 Å². The number of hydrogen-bond acceptors (Lipinski definition) is 5. The van der Waals surface area contributed by atoms with Gasteiger partial charge in [-0.1, -0.05) is 24.3 Å². The van der Waals surface area contributed by atoms with Gasteiger partial charge in [-0.3, -0.25) is 19.0 Å². The Morgan fingerprint density at radius 3 is 2.63 bits per heavy atom. The Labute approximate surface area is 160 Å². The van der Waals surface area contributed by atoms with Gasteiger partial charge >= 0.3 is 10.4 Å². The van der Waals surface area contributed by atoms with E-state index in [1.807, 2.05) is 30.5 Å². The molecule has 2 bridgehead atoms. The van der Waals surface area contributed by atoms with Crippen LogP contribution in [0.1, 0.15) is 25.9 Å². The predicted octanol–water partition coefficient (Wildman–Crippen LogP) is 2.76. The zero-order valence-electron chi connectivity index (χ0n) is 14.8. The van der Waals surface area contributed by atoms with Gasteiger partial charge in [0.2, 0.25) is 0 Å². The van der Waals surface area contributed by atoms with E-state index < -0.39 is 16.5 Å². The van der Waals surface area contributed by atoms with Crippen LogP contribution >= 0.6 is 0 Å². The standard InChI is InChI=1S/C19H22N2O.H2O4S.H2/c1-2-13-12-21-10-8-14(13)11-18(21)19(22)16-7-9-20-17-6-4-3-5-15(16)17;1-5(2,3)4;/h2-7,9,13-14,18-19,22H,1,8,10-12H2;(H2,1,2,3,4);1H. The summed E-state index contributed by atoms with van der Waals surface area (Å²) in [4.78, 5) is 6.86. The number of para-hydroxylation sites is 1. The lowest BCUT2D eigenvalue weighted by Gasteiger charge is -2.50. The molecule has 27 heavy (non-hydrogen) atoms. The van der Waals surface area contributed by atoms with E-state index in [2.05, 4.69) is 28.6 Å². The summed E-state index contributed by atoms with van der Waals surface area (Å²) in [6, 6.07) is 10.3. The first-order valence-corrected chi connectivity index (χ1v) is 10.3. The van der Waals surface area contributed by atoms with E-state index in [0.29, 0.717) is 11.8 Å². The van der Waals surface area contributed by atoms with E-state index >= 15 is 0 Å². The topological polar surface area (TPSA) is 111 Å². The number of nitrogens with zero attached hydrogens (tertiary/aromatic N) is 2. The fraction of sp³-hybridized carbons (Fsp3) is 0.421. The SMILES string of the molecule is C=CC1CN2CCC1CC2C(O)c1ccnc2ccccc12.O=S(=O)(O)O.[HH]. The highest BCUT2D eigenvalue weighted by molar-refractivity contribution is 7.79. The molecule has 4 heterocycles. The molecule has 148 valence electrons. The highest BCUT2D eigenvalue weighted by Gasteiger charge is 2.42. The van der Waals surface area contributed by atoms with E-state index in [1.165, 1.54) is 6.42 Å². The molecule has 0 radical (unpaired) electrons. The van der Waals surface area contributed by atoms with Crippen LogP contribution in [0.25, 0.3) is 10.9 Å². The zero-order chi connectivity index (χ0) is 19.6. The summed E-state index contributed by atoms with van der Waals surface area (Å²) in [6.45, 7) is 6.11. The fourth-order valence-electron chi connectivity index (χ4n) is 4.29. The van der Waals surface area contributed by atoms with Crippen molar-refractivity contribution in [2.75, 3.05) is 13.1 Å². The second-order valence-electron chi connectivity index (χ2n) is 7.06. The van der Waals surface area contributed by atoms with Gasteiger partial charge in [0.05, 0.1) is 11.6 Å². The van der Waals surface area contributed by atoms with Crippen LogP contribution in [0.15, 0.2) is 49.2 Å². The normalized spacial score (nSPS) is 28.3. The second kappa shape index (κ2) is 8.04. The summed E-state index contributed by atoms with van der Waals surface area (Å²) in [5, 5.41) is 12.1. The molecule has 3 aliphatic rings. The van der Waals surface area contributed by atoms with Crippen molar-refractivity contribution in [1.29, 1.82) is 0 Å². The number of piperidine rings is 3. The average Bonchev–Trinajstić information content (AvgIpc) is 2.66. The lowest BCUT2D eigenvalue weighted by Crippen LogP contribution is -2.54. The van der Waals surface area contributed by atoms with Crippen LogP contribution < -0.4 is 0 Å². The van der Waals surface area contributed by atoms with Gasteiger partial charge in [-0.15, -0.1) is 6.58 Å². The molecular weight excluding hydrogens is 368 g/mol. The number of aliphatic hydroxyl groups is 1. The zero-order valence-corrected chi connectivity index (χ0v) is 15.7. The van der Waals surface area contributed by atoms with Crippen molar-refractivity contribution in [3.8, 4) is 0 Å². The number of fused-ring (bicyclic) bond motifs is 4. The molecule has 0 saturated carbocycles. The number of pyridine rings is 1. The largest absolute Gasteiger partial charge is 0.394 e. The molecule has 1 aromatic heterocycles. The minimum Gasteiger partial charge on any atom is -0.387 e. The first kappa shape index (κ1) is 19.9. The van der Waals surface area contributed by atoms with Crippen LogP contribution in [-0.4, -0.2) is 51.6 Å². The molecule has 1 aromatic carbocycles. The molecule has 5 unspecified atom stereocenters. The van der Waals surface area contributed by atoms with E-state index in [1.54, 1.807) is 0 Å². The third kappa shape index (κ3) is 4.72. The van der Waals surface area contributed by atoms with Gasteiger partial charge in [0.1, 0.15) is 0 Å². The summed E-state index contributed by atoms with van der Waals surface area (Å²) in [5.74, 6) is 1.27. The minimum absolute atomic E-state index is 0. The lowest BCUT2D eigenvalue weighted by molar-refractivity contribution is -0.0444. The molecule has 5 atom stereocenters. The van der Waals surface area contributed by atoms with Crippen molar-refractivity contribution in [1.82, 2.24) is 9.88 Å². The van der Waals surface area contributed by atoms with Crippen LogP contribution in [0.4, 0.5) is 0 Å². The predicted molar refractivity (Wildman–Crippen MR) is 105 cm³/mol. The monoisotopic (exact) mass is 394 g/mol. The summed E-state index contributed by atoms with van der Waals surface area (Å²) in [7, 11) is -4.67. The van der Waals surface area contributed by atoms with Crippen molar-refractivity contribution in [3.05, 3.63) is 54.7 Å². The van der Waals surface area contributed by atoms with Gasteiger partial charge in [0, 0.05) is 25.6 Å². The Kier molecular flexibility index (Phi) is 5.92. The molecule has 0 aliphatic carbocycles. The van der Waals surface area contributed by atoms with Crippen molar-refractivity contribution >= 4 is 21.3 Å². The Hall–Kier alpha value is -1.84. The van der Waals surface area contributed by atoms with Crippen molar-refractivity contribution in [3.63, 3.8) is 0 Å². The van der Waals surface area contributed by atoms with Crippen LogP contribution in [0.5, 0.6) is 0 Å². The second-order valence-corrected chi connectivity index (χ2v) is 7.95. The average molecular weight is 394 g/mol. The number of benzene rings is 1. The van der Waals surface area contributed by atoms with E-state index in [4.69, 9.17) is 17.5 Å². The van der Waals surface area contributed by atoms with Gasteiger partial charge in [-0.25, -0.2) is 0 Å². The molecule has 8 heteroatoms. The maximum Gasteiger partial charge on any atom is 0.394 e. The number of aromatic nitrogens is 1. The smallest absolute Gasteiger partial charge is 0.387 e. The van der Waals surface area contributed by atoms with Gasteiger partial charge in [0.15, 0.2) is 0 Å². The molecule has 0 spiro atoms.